The molecule has 2 rings (SSSR count). The third-order valence-electron chi connectivity index (χ3n) is 3.97. The molecule has 0 saturated heterocycles. The van der Waals surface area contributed by atoms with Gasteiger partial charge in [-0.3, -0.25) is 9.67 Å². The van der Waals surface area contributed by atoms with E-state index in [1.807, 2.05) is 36.3 Å². The molecule has 0 saturated carbocycles. The molecule has 2 N–H and O–H groups in total. The number of aryl methyl sites for hydroxylation is 2. The first-order valence-electron chi connectivity index (χ1n) is 8.59. The van der Waals surface area contributed by atoms with E-state index < -0.39 is 9.84 Å². The fourth-order valence-electron chi connectivity index (χ4n) is 2.55. The Bertz CT molecular complexity index is 826. The van der Waals surface area contributed by atoms with E-state index in [1.165, 1.54) is 11.8 Å². The van der Waals surface area contributed by atoms with E-state index in [4.69, 9.17) is 0 Å². The standard InChI is InChI=1S/C18H27N5O2S/c1-19-18(20-11-4-5-16-13-22-23(2)14-16)21-12-10-15-6-8-17(9-7-15)26(3,24)25/h6-9,13-14H,4-5,10-12H2,1-3H3,(H2,19,20,21). The van der Waals surface area contributed by atoms with Gasteiger partial charge in [0.15, 0.2) is 15.8 Å². The summed E-state index contributed by atoms with van der Waals surface area (Å²) >= 11 is 0. The van der Waals surface area contributed by atoms with Crippen LogP contribution in [0.5, 0.6) is 0 Å². The summed E-state index contributed by atoms with van der Waals surface area (Å²) in [5.74, 6) is 0.768. The first kappa shape index (κ1) is 20.0. The van der Waals surface area contributed by atoms with Gasteiger partial charge < -0.3 is 10.6 Å². The van der Waals surface area contributed by atoms with Gasteiger partial charge in [-0.15, -0.1) is 0 Å². The fraction of sp³-hybridized carbons (Fsp3) is 0.444. The lowest BCUT2D eigenvalue weighted by Gasteiger charge is -2.11. The van der Waals surface area contributed by atoms with Crippen LogP contribution in [0.25, 0.3) is 0 Å². The molecule has 0 aliphatic carbocycles. The van der Waals surface area contributed by atoms with E-state index in [1.54, 1.807) is 19.2 Å². The van der Waals surface area contributed by atoms with Crippen LogP contribution in [0.4, 0.5) is 0 Å². The molecular weight excluding hydrogens is 350 g/mol. The SMILES string of the molecule is CN=C(NCCCc1cnn(C)c1)NCCc1ccc(S(C)(=O)=O)cc1. The highest BCUT2D eigenvalue weighted by Gasteiger charge is 2.06. The van der Waals surface area contributed by atoms with Gasteiger partial charge in [-0.25, -0.2) is 8.42 Å². The van der Waals surface area contributed by atoms with E-state index in [0.29, 0.717) is 4.90 Å². The van der Waals surface area contributed by atoms with Crippen molar-refractivity contribution in [2.24, 2.45) is 12.0 Å². The van der Waals surface area contributed by atoms with E-state index >= 15 is 0 Å². The molecule has 142 valence electrons. The van der Waals surface area contributed by atoms with Crippen molar-refractivity contribution >= 4 is 15.8 Å². The van der Waals surface area contributed by atoms with E-state index in [-0.39, 0.29) is 0 Å². The van der Waals surface area contributed by atoms with Gasteiger partial charge >= 0.3 is 0 Å². The molecular formula is C18H27N5O2S. The number of hydrogen-bond donors (Lipinski definition) is 2. The van der Waals surface area contributed by atoms with Gasteiger partial charge in [0.1, 0.15) is 0 Å². The third kappa shape index (κ3) is 6.51. The van der Waals surface area contributed by atoms with Gasteiger partial charge in [0.25, 0.3) is 0 Å². The van der Waals surface area contributed by atoms with Crippen LogP contribution in [0, 0.1) is 0 Å². The van der Waals surface area contributed by atoms with Crippen LogP contribution in [0.15, 0.2) is 46.5 Å². The predicted molar refractivity (Wildman–Crippen MR) is 104 cm³/mol. The zero-order valence-corrected chi connectivity index (χ0v) is 16.4. The van der Waals surface area contributed by atoms with Crippen molar-refractivity contribution < 1.29 is 8.42 Å². The maximum atomic E-state index is 11.5. The average molecular weight is 378 g/mol. The zero-order valence-electron chi connectivity index (χ0n) is 15.6. The number of aliphatic imine (C=N–C) groups is 1. The Morgan fingerprint density at radius 1 is 1.12 bits per heavy atom. The molecule has 26 heavy (non-hydrogen) atoms. The van der Waals surface area contributed by atoms with Gasteiger partial charge in [-0.2, -0.15) is 5.10 Å². The highest BCUT2D eigenvalue weighted by Crippen LogP contribution is 2.10. The van der Waals surface area contributed by atoms with Gasteiger partial charge in [-0.05, 0) is 42.5 Å². The molecule has 0 aliphatic heterocycles. The van der Waals surface area contributed by atoms with E-state index in [0.717, 1.165) is 43.9 Å². The summed E-state index contributed by atoms with van der Waals surface area (Å²) in [6.45, 7) is 1.55. The minimum absolute atomic E-state index is 0.348. The first-order valence-corrected chi connectivity index (χ1v) is 10.5. The van der Waals surface area contributed by atoms with Gasteiger partial charge in [0.05, 0.1) is 11.1 Å². The average Bonchev–Trinajstić information content (AvgIpc) is 3.02. The van der Waals surface area contributed by atoms with Gasteiger partial charge in [-0.1, -0.05) is 12.1 Å². The molecule has 0 amide bonds. The minimum atomic E-state index is -3.14. The zero-order chi connectivity index (χ0) is 19.0. The summed E-state index contributed by atoms with van der Waals surface area (Å²) in [7, 11) is 0.527. The number of hydrogen-bond acceptors (Lipinski definition) is 4. The molecule has 7 nitrogen and oxygen atoms in total. The molecule has 0 unspecified atom stereocenters. The summed E-state index contributed by atoms with van der Waals surface area (Å²) < 4.78 is 24.7. The van der Waals surface area contributed by atoms with Crippen LogP contribution in [-0.2, 0) is 29.7 Å². The largest absolute Gasteiger partial charge is 0.356 e. The normalized spacial score (nSPS) is 12.2. The van der Waals surface area contributed by atoms with Crippen LogP contribution in [0.3, 0.4) is 0 Å². The summed E-state index contributed by atoms with van der Waals surface area (Å²) in [5, 5.41) is 10.7. The molecule has 8 heteroatoms. The van der Waals surface area contributed by atoms with Crippen molar-refractivity contribution in [2.45, 2.75) is 24.2 Å². The third-order valence-corrected chi connectivity index (χ3v) is 5.10. The number of sulfone groups is 1. The summed E-state index contributed by atoms with van der Waals surface area (Å²) in [4.78, 5) is 4.56. The molecule has 1 aromatic carbocycles. The van der Waals surface area contributed by atoms with Crippen molar-refractivity contribution in [3.05, 3.63) is 47.8 Å². The molecule has 1 heterocycles. The topological polar surface area (TPSA) is 88.4 Å². The number of benzene rings is 1. The second-order valence-electron chi connectivity index (χ2n) is 6.22. The molecule has 0 bridgehead atoms. The van der Waals surface area contributed by atoms with Crippen molar-refractivity contribution in [3.8, 4) is 0 Å². The number of rotatable bonds is 8. The maximum absolute atomic E-state index is 11.5. The number of guanidine groups is 1. The molecule has 2 aromatic rings. The summed E-state index contributed by atoms with van der Waals surface area (Å²) in [5.41, 5.74) is 2.31. The number of nitrogens with one attached hydrogen (secondary N) is 2. The van der Waals surface area contributed by atoms with Crippen molar-refractivity contribution in [1.29, 1.82) is 0 Å². The Labute approximate surface area is 155 Å². The molecule has 0 fully saturated rings. The summed E-state index contributed by atoms with van der Waals surface area (Å²) in [6, 6.07) is 7.00. The van der Waals surface area contributed by atoms with Crippen LogP contribution in [0.2, 0.25) is 0 Å². The van der Waals surface area contributed by atoms with Crippen LogP contribution < -0.4 is 10.6 Å². The minimum Gasteiger partial charge on any atom is -0.356 e. The van der Waals surface area contributed by atoms with Crippen LogP contribution in [-0.4, -0.2) is 50.6 Å². The molecule has 0 radical (unpaired) electrons. The Morgan fingerprint density at radius 3 is 2.38 bits per heavy atom. The Morgan fingerprint density at radius 2 is 1.81 bits per heavy atom. The lowest BCUT2D eigenvalue weighted by molar-refractivity contribution is 0.602. The predicted octanol–water partition coefficient (Wildman–Crippen LogP) is 1.16. The second-order valence-corrected chi connectivity index (χ2v) is 8.23. The lowest BCUT2D eigenvalue weighted by atomic mass is 10.1. The molecule has 1 aromatic heterocycles. The number of nitrogens with zero attached hydrogens (tertiary/aromatic N) is 3. The fourth-order valence-corrected chi connectivity index (χ4v) is 3.18. The number of aromatic nitrogens is 2. The molecule has 0 spiro atoms. The van der Waals surface area contributed by atoms with Crippen LogP contribution in [0.1, 0.15) is 17.5 Å². The monoisotopic (exact) mass is 377 g/mol. The smallest absolute Gasteiger partial charge is 0.190 e. The Hall–Kier alpha value is -2.35. The van der Waals surface area contributed by atoms with Crippen molar-refractivity contribution in [3.63, 3.8) is 0 Å². The van der Waals surface area contributed by atoms with Gasteiger partial charge in [0.2, 0.25) is 0 Å². The summed E-state index contributed by atoms with van der Waals surface area (Å²) in [6.07, 6.45) is 7.90. The quantitative estimate of drug-likeness (QED) is 0.409. The van der Waals surface area contributed by atoms with Crippen LogP contribution >= 0.6 is 0 Å². The molecule has 0 aliphatic rings. The Kier molecular flexibility index (Phi) is 7.20. The van der Waals surface area contributed by atoms with Crippen molar-refractivity contribution in [2.75, 3.05) is 26.4 Å². The lowest BCUT2D eigenvalue weighted by Crippen LogP contribution is -2.38. The highest BCUT2D eigenvalue weighted by molar-refractivity contribution is 7.90. The Balaban J connectivity index is 1.68. The first-order chi connectivity index (χ1) is 12.4. The second kappa shape index (κ2) is 9.38. The maximum Gasteiger partial charge on any atom is 0.190 e. The van der Waals surface area contributed by atoms with Crippen molar-refractivity contribution in [1.82, 2.24) is 20.4 Å². The van der Waals surface area contributed by atoms with E-state index in [9.17, 15) is 8.42 Å². The highest BCUT2D eigenvalue weighted by atomic mass is 32.2. The van der Waals surface area contributed by atoms with Gasteiger partial charge in [0, 0.05) is 39.6 Å². The van der Waals surface area contributed by atoms with E-state index in [2.05, 4.69) is 20.7 Å². The molecule has 0 atom stereocenters.